The van der Waals surface area contributed by atoms with Gasteiger partial charge in [0.2, 0.25) is 5.91 Å². The summed E-state index contributed by atoms with van der Waals surface area (Å²) in [5, 5.41) is 13.7. The molecule has 0 rings (SSSR count). The van der Waals surface area contributed by atoms with Crippen molar-refractivity contribution in [3.8, 4) is 0 Å². The Morgan fingerprint density at radius 2 is 1.10 bits per heavy atom. The number of hydrogen-bond donors (Lipinski definition) is 3. The minimum absolute atomic E-state index is 0.0642. The fourth-order valence-electron chi connectivity index (χ4n) is 5.75. The smallest absolute Gasteiger partial charge is 0.387 e. The SMILES string of the molecule is CCCCCCCCCCC/C=C/[C@@H](O)[C@H](COP(=O)(O)OCC[N+](C)(C)C)NC(=O)CCCCCCCCCCCCCCCCC. The molecule has 0 heterocycles. The predicted molar refractivity (Wildman–Crippen MR) is 203 cm³/mol. The van der Waals surface area contributed by atoms with Gasteiger partial charge in [-0.1, -0.05) is 167 Å². The van der Waals surface area contributed by atoms with Crippen LogP contribution < -0.4 is 5.32 Å². The summed E-state index contributed by atoms with van der Waals surface area (Å²) >= 11 is 0. The highest BCUT2D eigenvalue weighted by atomic mass is 31.2. The number of likely N-dealkylation sites (N-methyl/N-ethyl adjacent to an activating group) is 1. The quantitative estimate of drug-likeness (QED) is 0.0260. The molecule has 1 amide bonds. The van der Waals surface area contributed by atoms with Gasteiger partial charge >= 0.3 is 7.82 Å². The van der Waals surface area contributed by atoms with Crippen LogP contribution in [0, 0.1) is 0 Å². The van der Waals surface area contributed by atoms with E-state index in [0.29, 0.717) is 17.4 Å². The Labute approximate surface area is 297 Å². The van der Waals surface area contributed by atoms with Crippen LogP contribution in [0.15, 0.2) is 12.2 Å². The number of aliphatic hydroxyl groups excluding tert-OH is 1. The third-order valence-corrected chi connectivity index (χ3v) is 9.99. The van der Waals surface area contributed by atoms with E-state index in [-0.39, 0.29) is 19.1 Å². The van der Waals surface area contributed by atoms with Crippen molar-refractivity contribution in [2.75, 3.05) is 40.9 Å². The van der Waals surface area contributed by atoms with Gasteiger partial charge in [0.15, 0.2) is 0 Å². The van der Waals surface area contributed by atoms with Crippen LogP contribution in [-0.2, 0) is 18.4 Å². The summed E-state index contributed by atoms with van der Waals surface area (Å²) < 4.78 is 23.5. The number of carbonyl (C=O) groups excluding carboxylic acids is 1. The molecule has 9 heteroatoms. The molecule has 0 aliphatic heterocycles. The van der Waals surface area contributed by atoms with Crippen molar-refractivity contribution in [1.82, 2.24) is 5.32 Å². The fourth-order valence-corrected chi connectivity index (χ4v) is 6.48. The number of quaternary nitrogens is 1. The van der Waals surface area contributed by atoms with Gasteiger partial charge in [-0.05, 0) is 19.3 Å². The maximum absolute atomic E-state index is 12.8. The average Bonchev–Trinajstić information content (AvgIpc) is 3.02. The van der Waals surface area contributed by atoms with Crippen LogP contribution in [0.5, 0.6) is 0 Å². The highest BCUT2D eigenvalue weighted by molar-refractivity contribution is 7.47. The number of aliphatic hydroxyl groups is 1. The first-order valence-corrected chi connectivity index (χ1v) is 21.6. The van der Waals surface area contributed by atoms with E-state index in [2.05, 4.69) is 19.2 Å². The molecule has 0 saturated carbocycles. The third-order valence-electron chi connectivity index (χ3n) is 9.01. The van der Waals surface area contributed by atoms with Crippen LogP contribution in [0.25, 0.3) is 0 Å². The van der Waals surface area contributed by atoms with E-state index < -0.39 is 20.0 Å². The number of rotatable bonds is 36. The second-order valence-corrected chi connectivity index (χ2v) is 16.5. The highest BCUT2D eigenvalue weighted by Crippen LogP contribution is 2.43. The predicted octanol–water partition coefficient (Wildman–Crippen LogP) is 10.4. The Bertz CT molecular complexity index is 804. The molecule has 286 valence electrons. The summed E-state index contributed by atoms with van der Waals surface area (Å²) in [5.74, 6) is -0.177. The molecule has 0 spiro atoms. The summed E-state index contributed by atoms with van der Waals surface area (Å²) in [7, 11) is 1.58. The lowest BCUT2D eigenvalue weighted by Crippen LogP contribution is -2.45. The van der Waals surface area contributed by atoms with Gasteiger partial charge in [-0.3, -0.25) is 13.8 Å². The maximum atomic E-state index is 12.8. The second kappa shape index (κ2) is 32.2. The minimum atomic E-state index is -4.32. The van der Waals surface area contributed by atoms with Crippen LogP contribution in [0.3, 0.4) is 0 Å². The number of hydrogen-bond acceptors (Lipinski definition) is 5. The Kier molecular flexibility index (Phi) is 31.7. The molecule has 8 nitrogen and oxygen atoms in total. The van der Waals surface area contributed by atoms with E-state index >= 15 is 0 Å². The van der Waals surface area contributed by atoms with Gasteiger partial charge < -0.3 is 19.8 Å². The van der Waals surface area contributed by atoms with E-state index in [9.17, 15) is 19.4 Å². The molecule has 0 aliphatic carbocycles. The third kappa shape index (κ3) is 33.7. The van der Waals surface area contributed by atoms with E-state index in [1.54, 1.807) is 6.08 Å². The van der Waals surface area contributed by atoms with Crippen molar-refractivity contribution < 1.29 is 32.9 Å². The van der Waals surface area contributed by atoms with Crippen molar-refractivity contribution >= 4 is 13.7 Å². The van der Waals surface area contributed by atoms with E-state index in [1.165, 1.54) is 122 Å². The van der Waals surface area contributed by atoms with Crippen LogP contribution in [0.1, 0.15) is 181 Å². The molecule has 0 saturated heterocycles. The zero-order chi connectivity index (χ0) is 35.8. The monoisotopic (exact) mass is 704 g/mol. The first-order chi connectivity index (χ1) is 23.0. The van der Waals surface area contributed by atoms with Gasteiger partial charge in [0.25, 0.3) is 0 Å². The fraction of sp³-hybridized carbons (Fsp3) is 0.923. The molecule has 0 fully saturated rings. The first kappa shape index (κ1) is 47.2. The first-order valence-electron chi connectivity index (χ1n) is 20.1. The summed E-state index contributed by atoms with van der Waals surface area (Å²) in [6.07, 6.45) is 34.1. The van der Waals surface area contributed by atoms with Gasteiger partial charge in [0.05, 0.1) is 39.9 Å². The highest BCUT2D eigenvalue weighted by Gasteiger charge is 2.27. The number of unbranched alkanes of at least 4 members (excludes halogenated alkanes) is 23. The molecule has 0 aromatic heterocycles. The number of amides is 1. The molecule has 3 N–H and O–H groups in total. The van der Waals surface area contributed by atoms with Gasteiger partial charge in [0, 0.05) is 6.42 Å². The van der Waals surface area contributed by atoms with Crippen molar-refractivity contribution in [3.05, 3.63) is 12.2 Å². The van der Waals surface area contributed by atoms with Gasteiger partial charge in [-0.25, -0.2) is 4.57 Å². The number of allylic oxidation sites excluding steroid dienone is 1. The Balaban J connectivity index is 4.45. The summed E-state index contributed by atoms with van der Waals surface area (Å²) in [6.45, 7) is 4.80. The Morgan fingerprint density at radius 1 is 0.688 bits per heavy atom. The van der Waals surface area contributed by atoms with Crippen molar-refractivity contribution in [2.45, 2.75) is 193 Å². The number of nitrogens with one attached hydrogen (secondary N) is 1. The Hall–Kier alpha value is -0.760. The van der Waals surface area contributed by atoms with E-state index in [4.69, 9.17) is 9.05 Å². The lowest BCUT2D eigenvalue weighted by molar-refractivity contribution is -0.870. The normalized spacial score (nSPS) is 14.7. The standard InChI is InChI=1S/C39H79N2O6P/c1-6-8-10-12-14-16-18-19-20-21-23-25-27-29-31-33-39(43)40-37(36-47-48(44,45)46-35-34-41(3,4)5)38(42)32-30-28-26-24-22-17-15-13-11-9-7-2/h30,32,37-38,42H,6-29,31,33-36H2,1-5H3,(H-,40,43,44,45)/p+1/b32-30+/t37-,38+/m0/s1. The zero-order valence-electron chi connectivity index (χ0n) is 32.2. The second-order valence-electron chi connectivity index (χ2n) is 15.0. The number of phosphoric acid groups is 1. The van der Waals surface area contributed by atoms with E-state index in [1.807, 2.05) is 27.2 Å². The molecule has 48 heavy (non-hydrogen) atoms. The minimum Gasteiger partial charge on any atom is -0.387 e. The maximum Gasteiger partial charge on any atom is 0.472 e. The topological polar surface area (TPSA) is 105 Å². The summed E-state index contributed by atoms with van der Waals surface area (Å²) in [4.78, 5) is 23.0. The molecule has 1 unspecified atom stereocenters. The van der Waals surface area contributed by atoms with E-state index in [0.717, 1.165) is 38.5 Å². The van der Waals surface area contributed by atoms with Crippen molar-refractivity contribution in [2.24, 2.45) is 0 Å². The molecule has 0 aliphatic rings. The van der Waals surface area contributed by atoms with Crippen molar-refractivity contribution in [1.29, 1.82) is 0 Å². The van der Waals surface area contributed by atoms with Crippen molar-refractivity contribution in [3.63, 3.8) is 0 Å². The number of phosphoric ester groups is 1. The largest absolute Gasteiger partial charge is 0.472 e. The van der Waals surface area contributed by atoms with Crippen LogP contribution in [0.2, 0.25) is 0 Å². The molecular weight excluding hydrogens is 623 g/mol. The number of nitrogens with zero attached hydrogens (tertiary/aromatic N) is 1. The summed E-state index contributed by atoms with van der Waals surface area (Å²) in [6, 6.07) is -0.837. The lowest BCUT2D eigenvalue weighted by atomic mass is 10.0. The Morgan fingerprint density at radius 3 is 1.54 bits per heavy atom. The van der Waals surface area contributed by atoms with Crippen LogP contribution in [0.4, 0.5) is 0 Å². The number of carbonyl (C=O) groups is 1. The molecule has 0 bridgehead atoms. The lowest BCUT2D eigenvalue weighted by Gasteiger charge is -2.25. The summed E-state index contributed by atoms with van der Waals surface area (Å²) in [5.41, 5.74) is 0. The molecule has 0 aromatic carbocycles. The molecule has 3 atom stereocenters. The molecule has 0 aromatic rings. The van der Waals surface area contributed by atoms with Crippen LogP contribution >= 0.6 is 7.82 Å². The van der Waals surface area contributed by atoms with Gasteiger partial charge in [-0.2, -0.15) is 0 Å². The van der Waals surface area contributed by atoms with Gasteiger partial charge in [-0.15, -0.1) is 0 Å². The zero-order valence-corrected chi connectivity index (χ0v) is 33.1. The average molecular weight is 704 g/mol. The molecule has 0 radical (unpaired) electrons. The van der Waals surface area contributed by atoms with Crippen LogP contribution in [-0.4, -0.2) is 73.4 Å². The molecular formula is C39H80N2O6P+. The van der Waals surface area contributed by atoms with Gasteiger partial charge in [0.1, 0.15) is 13.2 Å².